The van der Waals surface area contributed by atoms with Crippen LogP contribution in [0.5, 0.6) is 0 Å². The lowest BCUT2D eigenvalue weighted by atomic mass is 9.85. The molecule has 0 aliphatic carbocycles. The largest absolute Gasteiger partial charge is 0.444 e. The number of rotatable bonds is 13. The smallest absolute Gasteiger partial charge is 0.410 e. The number of ether oxygens (including phenoxy) is 2. The molecule has 2 aromatic rings. The highest BCUT2D eigenvalue weighted by Crippen LogP contribution is 2.30. The number of aliphatic hydroxyl groups excluding tert-OH is 1. The van der Waals surface area contributed by atoms with Gasteiger partial charge in [0.15, 0.2) is 0 Å². The molecule has 14 heteroatoms. The summed E-state index contributed by atoms with van der Waals surface area (Å²) in [4.78, 5) is 63.9. The summed E-state index contributed by atoms with van der Waals surface area (Å²) in [5, 5.41) is 16.6. The van der Waals surface area contributed by atoms with Crippen LogP contribution < -0.4 is 10.6 Å². The predicted molar refractivity (Wildman–Crippen MR) is 212 cm³/mol. The maximum absolute atomic E-state index is 14.1. The Labute approximate surface area is 330 Å². The number of aryl methyl sites for hydroxylation is 1. The Balaban J connectivity index is 1.04. The molecule has 3 aliphatic heterocycles. The van der Waals surface area contributed by atoms with E-state index in [1.54, 1.807) is 16.2 Å². The van der Waals surface area contributed by atoms with Crippen molar-refractivity contribution in [2.45, 2.75) is 123 Å². The van der Waals surface area contributed by atoms with Crippen LogP contribution in [-0.2, 0) is 23.9 Å². The number of β-amino-alcohol motifs (C(OH)–C–C–N with tert-alkyl or cyclic N) is 1. The van der Waals surface area contributed by atoms with Crippen molar-refractivity contribution in [3.05, 3.63) is 41.0 Å². The number of piperidine rings is 1. The Hall–Kier alpha value is -3.59. The predicted octanol–water partition coefficient (Wildman–Crippen LogP) is 4.92. The van der Waals surface area contributed by atoms with Gasteiger partial charge in [0.1, 0.15) is 17.7 Å². The van der Waals surface area contributed by atoms with Crippen LogP contribution in [0.1, 0.15) is 97.9 Å². The van der Waals surface area contributed by atoms with Crippen LogP contribution in [0.15, 0.2) is 29.8 Å². The molecule has 0 spiro atoms. The monoisotopic (exact) mass is 782 g/mol. The summed E-state index contributed by atoms with van der Waals surface area (Å²) in [5.74, 6) is -0.415. The zero-order chi connectivity index (χ0) is 40.1. The molecule has 4 amide bonds. The number of aromatic nitrogens is 1. The SMILES string of the molecule is Cc1ncsc1-c1ccc([C@H](C)NC(=O)[C@@H]2C[C@@H](O)CN2C(=O)[C@@H](NC(=O)CN2CC(OCCCC3CCN(C(=O)OC(C)(C)C)CC3)C2)C(C)(C)C)cc1. The average Bonchev–Trinajstić information content (AvgIpc) is 3.71. The van der Waals surface area contributed by atoms with Crippen molar-refractivity contribution in [3.8, 4) is 10.4 Å². The van der Waals surface area contributed by atoms with Gasteiger partial charge in [-0.15, -0.1) is 11.3 Å². The minimum atomic E-state index is -0.884. The molecule has 1 aromatic carbocycles. The first kappa shape index (κ1) is 42.6. The first-order chi connectivity index (χ1) is 25.9. The van der Waals surface area contributed by atoms with Crippen molar-refractivity contribution in [2.24, 2.45) is 11.3 Å². The van der Waals surface area contributed by atoms with Crippen molar-refractivity contribution >= 4 is 35.2 Å². The number of carbonyl (C=O) groups is 4. The quantitative estimate of drug-likeness (QED) is 0.241. The fraction of sp³-hybridized carbons (Fsp3) is 0.683. The molecule has 4 atom stereocenters. The van der Waals surface area contributed by atoms with Crippen LogP contribution in [0.3, 0.4) is 0 Å². The highest BCUT2D eigenvalue weighted by Gasteiger charge is 2.45. The zero-order valence-corrected chi connectivity index (χ0v) is 34.7. The lowest BCUT2D eigenvalue weighted by Crippen LogP contribution is -2.60. The van der Waals surface area contributed by atoms with Gasteiger partial charge >= 0.3 is 6.09 Å². The summed E-state index contributed by atoms with van der Waals surface area (Å²) in [6.07, 6.45) is 3.07. The van der Waals surface area contributed by atoms with Gasteiger partial charge < -0.3 is 35.0 Å². The molecular weight excluding hydrogens is 721 g/mol. The first-order valence-electron chi connectivity index (χ1n) is 19.8. The van der Waals surface area contributed by atoms with E-state index in [-0.39, 0.29) is 55.5 Å². The molecule has 0 saturated carbocycles. The van der Waals surface area contributed by atoms with Crippen LogP contribution >= 0.6 is 11.3 Å². The number of hydrogen-bond donors (Lipinski definition) is 3. The Kier molecular flexibility index (Phi) is 14.0. The Bertz CT molecular complexity index is 1620. The number of nitrogens with one attached hydrogen (secondary N) is 2. The molecule has 3 aliphatic rings. The maximum atomic E-state index is 14.1. The van der Waals surface area contributed by atoms with Crippen LogP contribution in [0, 0.1) is 18.3 Å². The van der Waals surface area contributed by atoms with E-state index >= 15 is 0 Å². The molecule has 0 bridgehead atoms. The number of benzene rings is 1. The van der Waals surface area contributed by atoms with Gasteiger partial charge in [-0.3, -0.25) is 19.3 Å². The average molecular weight is 783 g/mol. The van der Waals surface area contributed by atoms with E-state index < -0.39 is 29.2 Å². The van der Waals surface area contributed by atoms with Gasteiger partial charge in [-0.1, -0.05) is 45.0 Å². The molecule has 3 N–H and O–H groups in total. The summed E-state index contributed by atoms with van der Waals surface area (Å²) < 4.78 is 11.6. The van der Waals surface area contributed by atoms with Crippen molar-refractivity contribution in [1.29, 1.82) is 0 Å². The van der Waals surface area contributed by atoms with Crippen molar-refractivity contribution in [3.63, 3.8) is 0 Å². The molecule has 304 valence electrons. The van der Waals surface area contributed by atoms with E-state index in [1.807, 2.05) is 90.1 Å². The molecule has 13 nitrogen and oxygen atoms in total. The molecule has 5 rings (SSSR count). The van der Waals surface area contributed by atoms with Gasteiger partial charge in [0, 0.05) is 45.8 Å². The van der Waals surface area contributed by atoms with Crippen molar-refractivity contribution in [1.82, 2.24) is 30.3 Å². The lowest BCUT2D eigenvalue weighted by Gasteiger charge is -2.40. The third-order valence-electron chi connectivity index (χ3n) is 10.7. The van der Waals surface area contributed by atoms with E-state index in [4.69, 9.17) is 9.47 Å². The number of aliphatic hydroxyl groups is 1. The lowest BCUT2D eigenvalue weighted by molar-refractivity contribution is -0.144. The molecule has 3 fully saturated rings. The minimum absolute atomic E-state index is 0.0209. The second-order valence-electron chi connectivity index (χ2n) is 17.6. The molecule has 1 aromatic heterocycles. The molecule has 55 heavy (non-hydrogen) atoms. The molecule has 3 saturated heterocycles. The van der Waals surface area contributed by atoms with Gasteiger partial charge in [0.05, 0.1) is 40.9 Å². The third-order valence-corrected chi connectivity index (χ3v) is 11.7. The highest BCUT2D eigenvalue weighted by atomic mass is 32.1. The fourth-order valence-electron chi connectivity index (χ4n) is 7.53. The summed E-state index contributed by atoms with van der Waals surface area (Å²) in [5.41, 5.74) is 3.66. The van der Waals surface area contributed by atoms with Gasteiger partial charge in [0.25, 0.3) is 0 Å². The highest BCUT2D eigenvalue weighted by molar-refractivity contribution is 7.13. The van der Waals surface area contributed by atoms with E-state index in [2.05, 4.69) is 15.6 Å². The van der Waals surface area contributed by atoms with Gasteiger partial charge in [-0.05, 0) is 82.8 Å². The van der Waals surface area contributed by atoms with Crippen LogP contribution in [0.25, 0.3) is 10.4 Å². The third kappa shape index (κ3) is 11.7. The fourth-order valence-corrected chi connectivity index (χ4v) is 8.35. The molecular formula is C41H62N6O7S. The van der Waals surface area contributed by atoms with E-state index in [1.165, 1.54) is 4.90 Å². The molecule has 4 heterocycles. The number of thiazole rings is 1. The van der Waals surface area contributed by atoms with Gasteiger partial charge in [-0.2, -0.15) is 0 Å². The van der Waals surface area contributed by atoms with E-state index in [0.29, 0.717) is 25.6 Å². The number of carbonyl (C=O) groups excluding carboxylic acids is 4. The Morgan fingerprint density at radius 2 is 1.67 bits per heavy atom. The van der Waals surface area contributed by atoms with Crippen LogP contribution in [0.2, 0.25) is 0 Å². The minimum Gasteiger partial charge on any atom is -0.444 e. The number of nitrogens with zero attached hydrogens (tertiary/aromatic N) is 4. The van der Waals surface area contributed by atoms with E-state index in [0.717, 1.165) is 60.5 Å². The Morgan fingerprint density at radius 3 is 2.27 bits per heavy atom. The molecule has 0 radical (unpaired) electrons. The van der Waals surface area contributed by atoms with E-state index in [9.17, 15) is 24.3 Å². The second kappa shape index (κ2) is 18.1. The summed E-state index contributed by atoms with van der Waals surface area (Å²) in [6, 6.07) is 5.92. The summed E-state index contributed by atoms with van der Waals surface area (Å²) in [6.45, 7) is 18.7. The number of amides is 4. The maximum Gasteiger partial charge on any atom is 0.410 e. The number of likely N-dealkylation sites (tertiary alicyclic amines) is 3. The Morgan fingerprint density at radius 1 is 1.00 bits per heavy atom. The van der Waals surface area contributed by atoms with Crippen molar-refractivity contribution in [2.75, 3.05) is 45.9 Å². The summed E-state index contributed by atoms with van der Waals surface area (Å²) >= 11 is 1.58. The standard InChI is InChI=1S/C41H62N6O7S/c1-26(29-11-13-30(14-12-29)35-27(2)42-25-55-35)43-37(50)33-20-31(48)21-47(33)38(51)36(40(3,4)5)44-34(49)24-45-22-32(23-45)53-19-9-10-28-15-17-46(18-16-28)39(52)54-41(6,7)8/h11-14,25-26,28,31-33,36,48H,9-10,15-24H2,1-8H3,(H,43,50)(H,44,49)/t26-,31+,33-,36+/m0/s1. The summed E-state index contributed by atoms with van der Waals surface area (Å²) in [7, 11) is 0. The molecule has 0 unspecified atom stereocenters. The second-order valence-corrected chi connectivity index (χ2v) is 18.5. The van der Waals surface area contributed by atoms with Gasteiger partial charge in [-0.25, -0.2) is 9.78 Å². The first-order valence-corrected chi connectivity index (χ1v) is 20.7. The van der Waals surface area contributed by atoms with Crippen LogP contribution in [-0.4, -0.2) is 124 Å². The number of hydrogen-bond acceptors (Lipinski definition) is 10. The topological polar surface area (TPSA) is 154 Å². The van der Waals surface area contributed by atoms with Crippen LogP contribution in [0.4, 0.5) is 4.79 Å². The van der Waals surface area contributed by atoms with Crippen molar-refractivity contribution < 1.29 is 33.8 Å². The van der Waals surface area contributed by atoms with Gasteiger partial charge in [0.2, 0.25) is 17.7 Å². The zero-order valence-electron chi connectivity index (χ0n) is 33.9. The normalized spacial score (nSPS) is 21.2.